The van der Waals surface area contributed by atoms with Crippen molar-refractivity contribution >= 4 is 5.91 Å². The zero-order chi connectivity index (χ0) is 11.7. The van der Waals surface area contributed by atoms with Crippen molar-refractivity contribution in [2.45, 2.75) is 19.0 Å². The van der Waals surface area contributed by atoms with Gasteiger partial charge in [-0.05, 0) is 0 Å². The lowest BCUT2D eigenvalue weighted by molar-refractivity contribution is -0.137. The topological polar surface area (TPSA) is 70.2 Å². The molecule has 92 valence electrons. The van der Waals surface area contributed by atoms with Crippen LogP contribution in [0.25, 0.3) is 0 Å². The van der Waals surface area contributed by atoms with Gasteiger partial charge in [-0.15, -0.1) is 0 Å². The van der Waals surface area contributed by atoms with Gasteiger partial charge in [0.1, 0.15) is 0 Å². The molecule has 0 aromatic carbocycles. The van der Waals surface area contributed by atoms with Gasteiger partial charge < -0.3 is 14.6 Å². The first-order valence-corrected chi connectivity index (χ1v) is 5.95. The van der Waals surface area contributed by atoms with Crippen LogP contribution >= 0.6 is 0 Å². The Morgan fingerprint density at radius 2 is 2.29 bits per heavy atom. The molecule has 17 heavy (non-hydrogen) atoms. The van der Waals surface area contributed by atoms with E-state index in [1.54, 1.807) is 6.33 Å². The number of carbonyl (C=O) groups excluding carboxylic acids is 1. The van der Waals surface area contributed by atoms with Crippen LogP contribution in [0.15, 0.2) is 6.33 Å². The predicted octanol–water partition coefficient (Wildman–Crippen LogP) is -0.717. The molecule has 1 fully saturated rings. The highest BCUT2D eigenvalue weighted by Gasteiger charge is 2.29. The van der Waals surface area contributed by atoms with E-state index in [2.05, 4.69) is 15.3 Å². The summed E-state index contributed by atoms with van der Waals surface area (Å²) in [5, 5.41) is 3.26. The highest BCUT2D eigenvalue weighted by molar-refractivity contribution is 5.82. The minimum atomic E-state index is -0.135. The number of imidazole rings is 1. The van der Waals surface area contributed by atoms with Gasteiger partial charge in [-0.1, -0.05) is 0 Å². The van der Waals surface area contributed by atoms with E-state index in [0.29, 0.717) is 39.3 Å². The first-order chi connectivity index (χ1) is 8.34. The van der Waals surface area contributed by atoms with Crippen molar-refractivity contribution in [3.8, 4) is 0 Å². The Kier molecular flexibility index (Phi) is 2.82. The van der Waals surface area contributed by atoms with Crippen LogP contribution in [-0.2, 0) is 22.5 Å². The molecule has 6 nitrogen and oxygen atoms in total. The van der Waals surface area contributed by atoms with Crippen molar-refractivity contribution in [3.63, 3.8) is 0 Å². The first-order valence-electron chi connectivity index (χ1n) is 5.95. The number of aromatic amines is 1. The van der Waals surface area contributed by atoms with Crippen LogP contribution in [0.3, 0.4) is 0 Å². The van der Waals surface area contributed by atoms with E-state index in [4.69, 9.17) is 4.74 Å². The van der Waals surface area contributed by atoms with Crippen molar-refractivity contribution in [2.24, 2.45) is 0 Å². The van der Waals surface area contributed by atoms with Crippen molar-refractivity contribution in [2.75, 3.05) is 26.3 Å². The second kappa shape index (κ2) is 4.46. The van der Waals surface area contributed by atoms with Crippen LogP contribution in [0.2, 0.25) is 0 Å². The minimum Gasteiger partial charge on any atom is -0.378 e. The molecule has 1 aromatic rings. The molecule has 6 heteroatoms. The van der Waals surface area contributed by atoms with Gasteiger partial charge >= 0.3 is 0 Å². The molecule has 1 aromatic heterocycles. The maximum absolute atomic E-state index is 12.3. The number of amides is 1. The molecular formula is C11H16N4O2. The lowest BCUT2D eigenvalue weighted by Crippen LogP contribution is -2.52. The summed E-state index contributed by atoms with van der Waals surface area (Å²) < 4.78 is 5.25. The highest BCUT2D eigenvalue weighted by Crippen LogP contribution is 2.14. The number of nitrogens with zero attached hydrogens (tertiary/aromatic N) is 2. The fourth-order valence-electron chi connectivity index (χ4n) is 2.35. The summed E-state index contributed by atoms with van der Waals surface area (Å²) in [5.74, 6) is 0.168. The number of hydrogen-bond acceptors (Lipinski definition) is 4. The maximum atomic E-state index is 12.3. The van der Waals surface area contributed by atoms with Crippen molar-refractivity contribution in [1.82, 2.24) is 20.2 Å². The number of fused-ring (bicyclic) bond motifs is 1. The van der Waals surface area contributed by atoms with E-state index < -0.39 is 0 Å². The smallest absolute Gasteiger partial charge is 0.240 e. The molecular weight excluding hydrogens is 220 g/mol. The third-order valence-corrected chi connectivity index (χ3v) is 3.35. The second-order valence-corrected chi connectivity index (χ2v) is 4.40. The minimum absolute atomic E-state index is 0.135. The number of carbonyl (C=O) groups is 1. The number of hydrogen-bond donors (Lipinski definition) is 2. The Hall–Kier alpha value is -1.40. The zero-order valence-electron chi connectivity index (χ0n) is 9.61. The SMILES string of the molecule is O=C([C@@H]1Cc2nc[nH]c2CN1)N1CCOCC1. The molecule has 0 radical (unpaired) electrons. The van der Waals surface area contributed by atoms with Crippen LogP contribution in [0, 0.1) is 0 Å². The second-order valence-electron chi connectivity index (χ2n) is 4.40. The zero-order valence-corrected chi connectivity index (χ0v) is 9.61. The lowest BCUT2D eigenvalue weighted by Gasteiger charge is -2.32. The molecule has 2 aliphatic rings. The molecule has 3 heterocycles. The normalized spacial score (nSPS) is 24.5. The standard InChI is InChI=1S/C11H16N4O2/c16-11(15-1-3-17-4-2-15)9-5-8-10(6-12-9)14-7-13-8/h7,9,12H,1-6H2,(H,13,14)/t9-/m0/s1. The fourth-order valence-corrected chi connectivity index (χ4v) is 2.35. The average molecular weight is 236 g/mol. The van der Waals surface area contributed by atoms with E-state index in [1.807, 2.05) is 4.90 Å². The van der Waals surface area contributed by atoms with Crippen molar-refractivity contribution in [1.29, 1.82) is 0 Å². The molecule has 0 unspecified atom stereocenters. The lowest BCUT2D eigenvalue weighted by atomic mass is 10.0. The molecule has 0 saturated carbocycles. The Bertz CT molecular complexity index is 411. The van der Waals surface area contributed by atoms with E-state index in [-0.39, 0.29) is 11.9 Å². The van der Waals surface area contributed by atoms with E-state index >= 15 is 0 Å². The van der Waals surface area contributed by atoms with Gasteiger partial charge in [0.2, 0.25) is 5.91 Å². The summed E-state index contributed by atoms with van der Waals surface area (Å²) >= 11 is 0. The number of nitrogens with one attached hydrogen (secondary N) is 2. The Balaban J connectivity index is 1.67. The van der Waals surface area contributed by atoms with Crippen LogP contribution in [-0.4, -0.2) is 53.1 Å². The molecule has 1 atom stereocenters. The van der Waals surface area contributed by atoms with E-state index in [9.17, 15) is 4.79 Å². The van der Waals surface area contributed by atoms with Gasteiger partial charge in [-0.25, -0.2) is 4.98 Å². The van der Waals surface area contributed by atoms with Gasteiger partial charge in [-0.2, -0.15) is 0 Å². The molecule has 3 rings (SSSR count). The molecule has 2 aliphatic heterocycles. The molecule has 1 saturated heterocycles. The summed E-state index contributed by atoms with van der Waals surface area (Å²) in [6.45, 7) is 3.38. The summed E-state index contributed by atoms with van der Waals surface area (Å²) in [7, 11) is 0. The number of H-pyrrole nitrogens is 1. The summed E-state index contributed by atoms with van der Waals surface area (Å²) in [6, 6.07) is -0.135. The van der Waals surface area contributed by atoms with Crippen molar-refractivity contribution < 1.29 is 9.53 Å². The predicted molar refractivity (Wildman–Crippen MR) is 60.3 cm³/mol. The summed E-state index contributed by atoms with van der Waals surface area (Å²) in [6.07, 6.45) is 2.36. The first kappa shape index (κ1) is 10.7. The number of aromatic nitrogens is 2. The van der Waals surface area contributed by atoms with Crippen LogP contribution in [0.5, 0.6) is 0 Å². The molecule has 2 N–H and O–H groups in total. The maximum Gasteiger partial charge on any atom is 0.240 e. The Morgan fingerprint density at radius 1 is 1.47 bits per heavy atom. The van der Waals surface area contributed by atoms with Gasteiger partial charge in [0.05, 0.1) is 37.0 Å². The van der Waals surface area contributed by atoms with Gasteiger partial charge in [0, 0.05) is 26.1 Å². The molecule has 0 bridgehead atoms. The van der Waals surface area contributed by atoms with E-state index in [0.717, 1.165) is 11.4 Å². The summed E-state index contributed by atoms with van der Waals surface area (Å²) in [5.41, 5.74) is 2.10. The van der Waals surface area contributed by atoms with Crippen LogP contribution < -0.4 is 5.32 Å². The van der Waals surface area contributed by atoms with Gasteiger partial charge in [0.25, 0.3) is 0 Å². The summed E-state index contributed by atoms with van der Waals surface area (Å²) in [4.78, 5) is 21.5. The third-order valence-electron chi connectivity index (χ3n) is 3.35. The van der Waals surface area contributed by atoms with Crippen LogP contribution in [0.1, 0.15) is 11.4 Å². The Labute approximate surface area is 99.4 Å². The number of morpholine rings is 1. The monoisotopic (exact) mass is 236 g/mol. The van der Waals surface area contributed by atoms with Gasteiger partial charge in [0.15, 0.2) is 0 Å². The Morgan fingerprint density at radius 3 is 3.12 bits per heavy atom. The fraction of sp³-hybridized carbons (Fsp3) is 0.636. The van der Waals surface area contributed by atoms with Gasteiger partial charge in [-0.3, -0.25) is 10.1 Å². The van der Waals surface area contributed by atoms with Crippen molar-refractivity contribution in [3.05, 3.63) is 17.7 Å². The average Bonchev–Trinajstić information content (AvgIpc) is 2.86. The third kappa shape index (κ3) is 2.05. The quantitative estimate of drug-likeness (QED) is 0.675. The highest BCUT2D eigenvalue weighted by atomic mass is 16.5. The molecule has 0 spiro atoms. The molecule has 1 amide bonds. The number of rotatable bonds is 1. The van der Waals surface area contributed by atoms with E-state index in [1.165, 1.54) is 0 Å². The van der Waals surface area contributed by atoms with Crippen LogP contribution in [0.4, 0.5) is 0 Å². The largest absolute Gasteiger partial charge is 0.378 e. The molecule has 0 aliphatic carbocycles. The number of ether oxygens (including phenoxy) is 1.